The number of amides is 2. The zero-order chi connectivity index (χ0) is 19.8. The maximum Gasteiger partial charge on any atom is 0.335 e. The van der Waals surface area contributed by atoms with Crippen LogP contribution >= 0.6 is 0 Å². The second-order valence-corrected chi connectivity index (χ2v) is 6.63. The van der Waals surface area contributed by atoms with Crippen molar-refractivity contribution < 1.29 is 14.3 Å². The summed E-state index contributed by atoms with van der Waals surface area (Å²) >= 11 is 0. The van der Waals surface area contributed by atoms with Crippen LogP contribution in [0.2, 0.25) is 0 Å². The number of hydrogen-bond acceptors (Lipinski definition) is 4. The second-order valence-electron chi connectivity index (χ2n) is 6.63. The van der Waals surface area contributed by atoms with Gasteiger partial charge in [-0.2, -0.15) is 0 Å². The third-order valence-electron chi connectivity index (χ3n) is 4.67. The van der Waals surface area contributed by atoms with Crippen LogP contribution in [0.4, 0.5) is 10.5 Å². The SMILES string of the molecule is COC(=O)/C(=C/c1ccccc1)CN1CCN(C(=O)Nc2ccccc2)CC1. The standard InChI is InChI=1S/C22H25N3O3/c1-28-21(26)19(16-18-8-4-2-5-9-18)17-24-12-14-25(15-13-24)22(27)23-20-10-6-3-7-11-20/h2-11,16H,12-15,17H2,1H3,(H,23,27)/b19-16+. The number of para-hydroxylation sites is 1. The van der Waals surface area contributed by atoms with Gasteiger partial charge in [0, 0.05) is 38.4 Å². The van der Waals surface area contributed by atoms with Gasteiger partial charge in [-0.15, -0.1) is 0 Å². The van der Waals surface area contributed by atoms with Crippen LogP contribution in [0.5, 0.6) is 0 Å². The largest absolute Gasteiger partial charge is 0.466 e. The van der Waals surface area contributed by atoms with Crippen molar-refractivity contribution in [1.29, 1.82) is 0 Å². The summed E-state index contributed by atoms with van der Waals surface area (Å²) in [5.41, 5.74) is 2.35. The third-order valence-corrected chi connectivity index (χ3v) is 4.67. The fourth-order valence-corrected chi connectivity index (χ4v) is 3.12. The number of piperazine rings is 1. The molecule has 0 aromatic heterocycles. The predicted octanol–water partition coefficient (Wildman–Crippen LogP) is 3.09. The lowest BCUT2D eigenvalue weighted by atomic mass is 10.1. The molecular formula is C22H25N3O3. The van der Waals surface area contributed by atoms with E-state index in [9.17, 15) is 9.59 Å². The summed E-state index contributed by atoms with van der Waals surface area (Å²) in [5, 5.41) is 2.91. The van der Waals surface area contributed by atoms with Crippen molar-refractivity contribution in [2.24, 2.45) is 0 Å². The Labute approximate surface area is 165 Å². The number of hydrogen-bond donors (Lipinski definition) is 1. The summed E-state index contributed by atoms with van der Waals surface area (Å²) in [6, 6.07) is 19.0. The molecule has 1 fully saturated rings. The molecule has 0 bridgehead atoms. The molecule has 1 N–H and O–H groups in total. The Morgan fingerprint density at radius 3 is 2.18 bits per heavy atom. The molecular weight excluding hydrogens is 354 g/mol. The van der Waals surface area contributed by atoms with E-state index in [0.29, 0.717) is 38.3 Å². The minimum Gasteiger partial charge on any atom is -0.466 e. The van der Waals surface area contributed by atoms with Crippen molar-refractivity contribution in [2.45, 2.75) is 0 Å². The van der Waals surface area contributed by atoms with Gasteiger partial charge >= 0.3 is 12.0 Å². The van der Waals surface area contributed by atoms with E-state index in [0.717, 1.165) is 11.3 Å². The Balaban J connectivity index is 1.56. The fourth-order valence-electron chi connectivity index (χ4n) is 3.12. The van der Waals surface area contributed by atoms with Gasteiger partial charge < -0.3 is 15.0 Å². The smallest absolute Gasteiger partial charge is 0.335 e. The highest BCUT2D eigenvalue weighted by atomic mass is 16.5. The number of ether oxygens (including phenoxy) is 1. The van der Waals surface area contributed by atoms with Crippen molar-refractivity contribution in [1.82, 2.24) is 9.80 Å². The maximum absolute atomic E-state index is 12.4. The van der Waals surface area contributed by atoms with E-state index in [-0.39, 0.29) is 12.0 Å². The summed E-state index contributed by atoms with van der Waals surface area (Å²) in [5.74, 6) is -0.326. The Morgan fingerprint density at radius 1 is 0.964 bits per heavy atom. The van der Waals surface area contributed by atoms with E-state index < -0.39 is 0 Å². The molecule has 1 aliphatic heterocycles. The van der Waals surface area contributed by atoms with Gasteiger partial charge in [0.2, 0.25) is 0 Å². The molecule has 146 valence electrons. The maximum atomic E-state index is 12.4. The Hall–Kier alpha value is -3.12. The number of nitrogens with zero attached hydrogens (tertiary/aromatic N) is 2. The Morgan fingerprint density at radius 2 is 1.57 bits per heavy atom. The van der Waals surface area contributed by atoms with E-state index in [4.69, 9.17) is 4.74 Å². The van der Waals surface area contributed by atoms with E-state index in [1.165, 1.54) is 7.11 Å². The fraction of sp³-hybridized carbons (Fsp3) is 0.273. The van der Waals surface area contributed by atoms with Gasteiger partial charge in [-0.1, -0.05) is 48.5 Å². The van der Waals surface area contributed by atoms with Crippen molar-refractivity contribution in [3.63, 3.8) is 0 Å². The van der Waals surface area contributed by atoms with Gasteiger partial charge in [0.25, 0.3) is 0 Å². The molecule has 2 aromatic carbocycles. The van der Waals surface area contributed by atoms with Gasteiger partial charge in [-0.3, -0.25) is 4.90 Å². The summed E-state index contributed by atoms with van der Waals surface area (Å²) in [7, 11) is 1.40. The van der Waals surface area contributed by atoms with Crippen LogP contribution in [0.3, 0.4) is 0 Å². The number of esters is 1. The molecule has 2 amide bonds. The van der Waals surface area contributed by atoms with Gasteiger partial charge in [0.1, 0.15) is 0 Å². The number of methoxy groups -OCH3 is 1. The molecule has 2 aromatic rings. The van der Waals surface area contributed by atoms with Crippen LogP contribution in [-0.4, -0.2) is 61.6 Å². The molecule has 28 heavy (non-hydrogen) atoms. The number of anilines is 1. The molecule has 0 spiro atoms. The van der Waals surface area contributed by atoms with E-state index in [1.807, 2.05) is 66.7 Å². The molecule has 6 nitrogen and oxygen atoms in total. The lowest BCUT2D eigenvalue weighted by Gasteiger charge is -2.34. The molecule has 0 atom stereocenters. The first-order chi connectivity index (χ1) is 13.7. The molecule has 3 rings (SSSR count). The number of carbonyl (C=O) groups excluding carboxylic acids is 2. The number of benzene rings is 2. The molecule has 1 saturated heterocycles. The average molecular weight is 379 g/mol. The minimum atomic E-state index is -0.326. The first-order valence-corrected chi connectivity index (χ1v) is 9.33. The van der Waals surface area contributed by atoms with Gasteiger partial charge in [-0.05, 0) is 23.8 Å². The van der Waals surface area contributed by atoms with Crippen LogP contribution in [-0.2, 0) is 9.53 Å². The van der Waals surface area contributed by atoms with Crippen LogP contribution < -0.4 is 5.32 Å². The number of nitrogens with one attached hydrogen (secondary N) is 1. The molecule has 0 saturated carbocycles. The summed E-state index contributed by atoms with van der Waals surface area (Å²) in [4.78, 5) is 28.5. The normalized spacial score (nSPS) is 15.2. The van der Waals surface area contributed by atoms with E-state index in [1.54, 1.807) is 4.90 Å². The van der Waals surface area contributed by atoms with E-state index in [2.05, 4.69) is 10.2 Å². The monoisotopic (exact) mass is 379 g/mol. The second kappa shape index (κ2) is 9.71. The van der Waals surface area contributed by atoms with Crippen LogP contribution in [0.15, 0.2) is 66.2 Å². The Bertz CT molecular complexity index is 813. The zero-order valence-electron chi connectivity index (χ0n) is 16.0. The highest BCUT2D eigenvalue weighted by Crippen LogP contribution is 2.13. The lowest BCUT2D eigenvalue weighted by Crippen LogP contribution is -2.50. The zero-order valence-corrected chi connectivity index (χ0v) is 16.0. The Kier molecular flexibility index (Phi) is 6.81. The highest BCUT2D eigenvalue weighted by Gasteiger charge is 2.23. The lowest BCUT2D eigenvalue weighted by molar-refractivity contribution is -0.136. The third kappa shape index (κ3) is 5.44. The topological polar surface area (TPSA) is 61.9 Å². The number of carbonyl (C=O) groups is 2. The quantitative estimate of drug-likeness (QED) is 0.641. The van der Waals surface area contributed by atoms with Crippen molar-refractivity contribution >= 4 is 23.8 Å². The van der Waals surface area contributed by atoms with Crippen LogP contribution in [0.1, 0.15) is 5.56 Å². The molecule has 6 heteroatoms. The number of urea groups is 1. The van der Waals surface area contributed by atoms with Crippen LogP contribution in [0.25, 0.3) is 6.08 Å². The first-order valence-electron chi connectivity index (χ1n) is 9.33. The van der Waals surface area contributed by atoms with E-state index >= 15 is 0 Å². The summed E-state index contributed by atoms with van der Waals surface area (Å²) < 4.78 is 4.94. The van der Waals surface area contributed by atoms with Crippen molar-refractivity contribution in [3.8, 4) is 0 Å². The molecule has 1 heterocycles. The molecule has 0 unspecified atom stereocenters. The molecule has 1 aliphatic rings. The highest BCUT2D eigenvalue weighted by molar-refractivity contribution is 5.94. The first kappa shape index (κ1) is 19.6. The summed E-state index contributed by atoms with van der Waals surface area (Å²) in [6.07, 6.45) is 1.86. The minimum absolute atomic E-state index is 0.0983. The predicted molar refractivity (Wildman–Crippen MR) is 110 cm³/mol. The van der Waals surface area contributed by atoms with Gasteiger partial charge in [-0.25, -0.2) is 9.59 Å². The van der Waals surface area contributed by atoms with Crippen molar-refractivity contribution in [3.05, 3.63) is 71.8 Å². The van der Waals surface area contributed by atoms with Gasteiger partial charge in [0.15, 0.2) is 0 Å². The molecule has 0 radical (unpaired) electrons. The average Bonchev–Trinajstić information content (AvgIpc) is 2.74. The van der Waals surface area contributed by atoms with Crippen molar-refractivity contribution in [2.75, 3.05) is 45.2 Å². The van der Waals surface area contributed by atoms with Crippen LogP contribution in [0, 0.1) is 0 Å². The number of rotatable bonds is 5. The van der Waals surface area contributed by atoms with Gasteiger partial charge in [0.05, 0.1) is 12.7 Å². The molecule has 0 aliphatic carbocycles. The summed E-state index contributed by atoms with van der Waals surface area (Å²) in [6.45, 7) is 3.11.